The second-order valence-electron chi connectivity index (χ2n) is 2.56. The molecule has 1 aromatic rings. The second kappa shape index (κ2) is 4.30. The van der Waals surface area contributed by atoms with E-state index in [1.54, 1.807) is 6.07 Å². The minimum absolute atomic E-state index is 0.117. The maximum atomic E-state index is 10.3. The van der Waals surface area contributed by atoms with Crippen LogP contribution in [0.2, 0.25) is 0 Å². The molecule has 0 amide bonds. The number of carboxylic acid groups (broad SMARTS) is 1. The Morgan fingerprint density at radius 1 is 1.57 bits per heavy atom. The Labute approximate surface area is 79.5 Å². The summed E-state index contributed by atoms with van der Waals surface area (Å²) in [5.74, 6) is -1.31. The third-order valence-electron chi connectivity index (χ3n) is 1.51. The standard InChI is InChI=1S/C8H7N3O3/c9-2-6-4-10-5(3-11-6)1-7(12)8(13)14/h3-4,7,12H,1H2,(H,13,14). The fourth-order valence-electron chi connectivity index (χ4n) is 0.803. The van der Waals surface area contributed by atoms with Gasteiger partial charge in [0.1, 0.15) is 6.07 Å². The number of nitrogens with zero attached hydrogens (tertiary/aromatic N) is 3. The van der Waals surface area contributed by atoms with Crippen LogP contribution >= 0.6 is 0 Å². The van der Waals surface area contributed by atoms with Crippen molar-refractivity contribution in [3.05, 3.63) is 23.8 Å². The first-order valence-corrected chi connectivity index (χ1v) is 3.75. The van der Waals surface area contributed by atoms with Crippen molar-refractivity contribution in [1.29, 1.82) is 5.26 Å². The van der Waals surface area contributed by atoms with Gasteiger partial charge in [0, 0.05) is 6.42 Å². The van der Waals surface area contributed by atoms with Gasteiger partial charge in [0.25, 0.3) is 0 Å². The van der Waals surface area contributed by atoms with Crippen LogP contribution in [0.25, 0.3) is 0 Å². The first-order chi connectivity index (χ1) is 6.63. The molecule has 2 N–H and O–H groups in total. The number of nitriles is 1. The largest absolute Gasteiger partial charge is 0.479 e. The number of hydrogen-bond donors (Lipinski definition) is 2. The van der Waals surface area contributed by atoms with Gasteiger partial charge >= 0.3 is 5.97 Å². The van der Waals surface area contributed by atoms with E-state index < -0.39 is 12.1 Å². The number of hydrogen-bond acceptors (Lipinski definition) is 5. The predicted octanol–water partition coefficient (Wildman–Crippen LogP) is -0.664. The van der Waals surface area contributed by atoms with E-state index in [0.717, 1.165) is 0 Å². The lowest BCUT2D eigenvalue weighted by Gasteiger charge is -2.03. The van der Waals surface area contributed by atoms with Crippen molar-refractivity contribution >= 4 is 5.97 Å². The van der Waals surface area contributed by atoms with Gasteiger partial charge in [0.05, 0.1) is 18.1 Å². The number of aromatic nitrogens is 2. The van der Waals surface area contributed by atoms with Crippen molar-refractivity contribution in [3.8, 4) is 6.07 Å². The van der Waals surface area contributed by atoms with E-state index in [4.69, 9.17) is 15.5 Å². The van der Waals surface area contributed by atoms with Gasteiger partial charge in [-0.1, -0.05) is 0 Å². The Morgan fingerprint density at radius 2 is 2.29 bits per heavy atom. The number of carboxylic acids is 1. The number of rotatable bonds is 3. The summed E-state index contributed by atoms with van der Waals surface area (Å²) in [6.07, 6.45) is 0.889. The number of carbonyl (C=O) groups is 1. The molecule has 1 atom stereocenters. The molecule has 1 aromatic heterocycles. The molecule has 0 saturated heterocycles. The van der Waals surface area contributed by atoms with Crippen molar-refractivity contribution < 1.29 is 15.0 Å². The first-order valence-electron chi connectivity index (χ1n) is 3.75. The van der Waals surface area contributed by atoms with Gasteiger partial charge in [-0.25, -0.2) is 9.78 Å². The highest BCUT2D eigenvalue weighted by atomic mass is 16.4. The molecule has 0 aromatic carbocycles. The van der Waals surface area contributed by atoms with Crippen LogP contribution in [0, 0.1) is 11.3 Å². The van der Waals surface area contributed by atoms with Crippen LogP contribution in [0.1, 0.15) is 11.4 Å². The molecule has 0 bridgehead atoms. The lowest BCUT2D eigenvalue weighted by Crippen LogP contribution is -2.22. The van der Waals surface area contributed by atoms with Gasteiger partial charge in [-0.3, -0.25) is 4.98 Å². The summed E-state index contributed by atoms with van der Waals surface area (Å²) in [6, 6.07) is 1.78. The first kappa shape index (κ1) is 10.1. The van der Waals surface area contributed by atoms with Crippen LogP contribution in [0.15, 0.2) is 12.4 Å². The molecule has 0 aliphatic heterocycles. The summed E-state index contributed by atoms with van der Waals surface area (Å²) in [6.45, 7) is 0. The molecule has 72 valence electrons. The van der Waals surface area contributed by atoms with Crippen LogP contribution < -0.4 is 0 Å². The normalized spacial score (nSPS) is 11.7. The van der Waals surface area contributed by atoms with Crippen molar-refractivity contribution in [1.82, 2.24) is 9.97 Å². The molecule has 0 aliphatic carbocycles. The number of aliphatic carboxylic acids is 1. The number of aliphatic hydroxyl groups is 1. The molecule has 6 heteroatoms. The van der Waals surface area contributed by atoms with E-state index >= 15 is 0 Å². The molecule has 0 radical (unpaired) electrons. The molecular weight excluding hydrogens is 186 g/mol. The summed E-state index contributed by atoms with van der Waals surface area (Å²) >= 11 is 0. The van der Waals surface area contributed by atoms with E-state index in [1.807, 2.05) is 0 Å². The van der Waals surface area contributed by atoms with Crippen molar-refractivity contribution in [2.24, 2.45) is 0 Å². The molecule has 1 rings (SSSR count). The van der Waals surface area contributed by atoms with Crippen molar-refractivity contribution in [2.75, 3.05) is 0 Å². The Kier molecular flexibility index (Phi) is 3.09. The third-order valence-corrected chi connectivity index (χ3v) is 1.51. The Morgan fingerprint density at radius 3 is 2.71 bits per heavy atom. The Hall–Kier alpha value is -2.00. The van der Waals surface area contributed by atoms with Gasteiger partial charge in [-0.15, -0.1) is 0 Å². The summed E-state index contributed by atoms with van der Waals surface area (Å²) in [5.41, 5.74) is 0.484. The van der Waals surface area contributed by atoms with Crippen LogP contribution in [0.4, 0.5) is 0 Å². The summed E-state index contributed by atoms with van der Waals surface area (Å²) in [5, 5.41) is 25.8. The Balaban J connectivity index is 2.70. The topological polar surface area (TPSA) is 107 Å². The van der Waals surface area contributed by atoms with E-state index in [9.17, 15) is 4.79 Å². The smallest absolute Gasteiger partial charge is 0.332 e. The monoisotopic (exact) mass is 193 g/mol. The molecule has 0 spiro atoms. The highest BCUT2D eigenvalue weighted by Gasteiger charge is 2.14. The number of aliphatic hydroxyl groups excluding tert-OH is 1. The van der Waals surface area contributed by atoms with Gasteiger partial charge in [-0.2, -0.15) is 5.26 Å². The third kappa shape index (κ3) is 2.50. The molecule has 1 unspecified atom stereocenters. The van der Waals surface area contributed by atoms with Gasteiger partial charge in [0.2, 0.25) is 0 Å². The van der Waals surface area contributed by atoms with Crippen LogP contribution in [0.5, 0.6) is 0 Å². The minimum Gasteiger partial charge on any atom is -0.479 e. The zero-order valence-electron chi connectivity index (χ0n) is 7.08. The Bertz CT molecular complexity index is 368. The van der Waals surface area contributed by atoms with Gasteiger partial charge in [0.15, 0.2) is 11.8 Å². The second-order valence-corrected chi connectivity index (χ2v) is 2.56. The van der Waals surface area contributed by atoms with Gasteiger partial charge < -0.3 is 10.2 Å². The fourth-order valence-corrected chi connectivity index (χ4v) is 0.803. The van der Waals surface area contributed by atoms with Crippen molar-refractivity contribution in [2.45, 2.75) is 12.5 Å². The highest BCUT2D eigenvalue weighted by Crippen LogP contribution is 1.99. The average Bonchev–Trinajstić information content (AvgIpc) is 2.19. The summed E-state index contributed by atoms with van der Waals surface area (Å²) in [4.78, 5) is 17.7. The van der Waals surface area contributed by atoms with E-state index in [0.29, 0.717) is 5.69 Å². The molecule has 0 saturated carbocycles. The molecule has 14 heavy (non-hydrogen) atoms. The predicted molar refractivity (Wildman–Crippen MR) is 44.1 cm³/mol. The lowest BCUT2D eigenvalue weighted by atomic mass is 10.2. The van der Waals surface area contributed by atoms with Gasteiger partial charge in [-0.05, 0) is 0 Å². The highest BCUT2D eigenvalue weighted by molar-refractivity contribution is 5.72. The lowest BCUT2D eigenvalue weighted by molar-refractivity contribution is -0.146. The fraction of sp³-hybridized carbons (Fsp3) is 0.250. The van der Waals surface area contributed by atoms with Crippen LogP contribution in [-0.2, 0) is 11.2 Å². The summed E-state index contributed by atoms with van der Waals surface area (Å²) < 4.78 is 0. The molecule has 1 heterocycles. The molecule has 0 aliphatic rings. The summed E-state index contributed by atoms with van der Waals surface area (Å²) in [7, 11) is 0. The van der Waals surface area contributed by atoms with E-state index in [-0.39, 0.29) is 12.1 Å². The van der Waals surface area contributed by atoms with Crippen LogP contribution in [-0.4, -0.2) is 32.3 Å². The average molecular weight is 193 g/mol. The van der Waals surface area contributed by atoms with E-state index in [2.05, 4.69) is 9.97 Å². The minimum atomic E-state index is -1.49. The quantitative estimate of drug-likeness (QED) is 0.659. The van der Waals surface area contributed by atoms with Crippen LogP contribution in [0.3, 0.4) is 0 Å². The molecular formula is C8H7N3O3. The SMILES string of the molecule is N#Cc1cnc(CC(O)C(=O)O)cn1. The maximum Gasteiger partial charge on any atom is 0.332 e. The molecule has 0 fully saturated rings. The maximum absolute atomic E-state index is 10.3. The van der Waals surface area contributed by atoms with E-state index in [1.165, 1.54) is 12.4 Å². The molecule has 6 nitrogen and oxygen atoms in total. The zero-order valence-corrected chi connectivity index (χ0v) is 7.08. The zero-order chi connectivity index (χ0) is 10.6. The van der Waals surface area contributed by atoms with Crippen molar-refractivity contribution in [3.63, 3.8) is 0 Å².